The molecule has 1 aromatic rings. The van der Waals surface area contributed by atoms with Crippen molar-refractivity contribution in [1.82, 2.24) is 5.32 Å². The Labute approximate surface area is 105 Å². The van der Waals surface area contributed by atoms with Crippen LogP contribution in [0.2, 0.25) is 0 Å². The Kier molecular flexibility index (Phi) is 5.01. The number of methoxy groups -OCH3 is 1. The van der Waals surface area contributed by atoms with Gasteiger partial charge in [0.05, 0.1) is 7.11 Å². The fraction of sp³-hybridized carbons (Fsp3) is 0.600. The van der Waals surface area contributed by atoms with Gasteiger partial charge in [-0.15, -0.1) is 0 Å². The minimum atomic E-state index is 0.501. The highest BCUT2D eigenvalue weighted by atomic mass is 16.5. The lowest BCUT2D eigenvalue weighted by Crippen LogP contribution is -2.34. The minimum Gasteiger partial charge on any atom is -0.496 e. The molecule has 0 aliphatic heterocycles. The zero-order chi connectivity index (χ0) is 13.0. The second-order valence-corrected chi connectivity index (χ2v) is 5.17. The summed E-state index contributed by atoms with van der Waals surface area (Å²) in [7, 11) is 1.73. The zero-order valence-corrected chi connectivity index (χ0v) is 11.9. The average Bonchev–Trinajstić information content (AvgIpc) is 2.21. The summed E-state index contributed by atoms with van der Waals surface area (Å²) in [6, 6.07) is 5.41. The van der Waals surface area contributed by atoms with Crippen LogP contribution in [0.3, 0.4) is 0 Å². The Morgan fingerprint density at radius 1 is 1.12 bits per heavy atom. The summed E-state index contributed by atoms with van der Waals surface area (Å²) in [5.74, 6) is 0.982. The van der Waals surface area contributed by atoms with Crippen LogP contribution in [0, 0.1) is 13.8 Å². The summed E-state index contributed by atoms with van der Waals surface area (Å²) >= 11 is 0. The molecule has 1 atom stereocenters. The molecular weight excluding hydrogens is 210 g/mol. The number of aryl methyl sites for hydroxylation is 2. The summed E-state index contributed by atoms with van der Waals surface area (Å²) in [6.07, 6.45) is 1.06. The molecule has 0 aliphatic rings. The van der Waals surface area contributed by atoms with Crippen LogP contribution in [0.4, 0.5) is 0 Å². The van der Waals surface area contributed by atoms with Gasteiger partial charge in [0.15, 0.2) is 0 Å². The minimum absolute atomic E-state index is 0.501. The van der Waals surface area contributed by atoms with Gasteiger partial charge in [-0.1, -0.05) is 19.9 Å². The Morgan fingerprint density at radius 2 is 1.76 bits per heavy atom. The van der Waals surface area contributed by atoms with E-state index in [9.17, 15) is 0 Å². The van der Waals surface area contributed by atoms with E-state index in [0.717, 1.165) is 12.2 Å². The lowest BCUT2D eigenvalue weighted by Gasteiger charge is -2.19. The second kappa shape index (κ2) is 6.06. The molecule has 1 aromatic carbocycles. The molecule has 1 rings (SSSR count). The van der Waals surface area contributed by atoms with Crippen molar-refractivity contribution in [2.24, 2.45) is 0 Å². The van der Waals surface area contributed by atoms with Gasteiger partial charge < -0.3 is 10.1 Å². The third kappa shape index (κ3) is 4.04. The predicted molar refractivity (Wildman–Crippen MR) is 73.9 cm³/mol. The fourth-order valence-electron chi connectivity index (χ4n) is 2.25. The molecule has 1 N–H and O–H groups in total. The van der Waals surface area contributed by atoms with Gasteiger partial charge in [0.25, 0.3) is 0 Å². The van der Waals surface area contributed by atoms with Gasteiger partial charge in [-0.3, -0.25) is 0 Å². The third-order valence-corrected chi connectivity index (χ3v) is 3.00. The molecule has 0 saturated carbocycles. The van der Waals surface area contributed by atoms with E-state index in [1.807, 2.05) is 0 Å². The molecular formula is C15H25NO. The Balaban J connectivity index is 2.81. The zero-order valence-electron chi connectivity index (χ0n) is 11.9. The van der Waals surface area contributed by atoms with Crippen LogP contribution < -0.4 is 10.1 Å². The molecule has 0 amide bonds. The van der Waals surface area contributed by atoms with Gasteiger partial charge in [0.1, 0.15) is 5.75 Å². The largest absolute Gasteiger partial charge is 0.496 e. The van der Waals surface area contributed by atoms with Crippen LogP contribution >= 0.6 is 0 Å². The first-order valence-electron chi connectivity index (χ1n) is 6.34. The van der Waals surface area contributed by atoms with Gasteiger partial charge in [-0.25, -0.2) is 0 Å². The Bertz CT molecular complexity index is 371. The SMILES string of the molecule is COc1cc(C)c(CC(C)NC(C)C)cc1C. The van der Waals surface area contributed by atoms with Crippen molar-refractivity contribution >= 4 is 0 Å². The number of nitrogens with one attached hydrogen (secondary N) is 1. The van der Waals surface area contributed by atoms with E-state index in [4.69, 9.17) is 4.74 Å². The number of rotatable bonds is 5. The van der Waals surface area contributed by atoms with Gasteiger partial charge in [-0.2, -0.15) is 0 Å². The van der Waals surface area contributed by atoms with Crippen LogP contribution in [0.5, 0.6) is 5.75 Å². The lowest BCUT2D eigenvalue weighted by molar-refractivity contribution is 0.411. The number of hydrogen-bond acceptors (Lipinski definition) is 2. The molecule has 0 bridgehead atoms. The summed E-state index contributed by atoms with van der Waals surface area (Å²) in [5, 5.41) is 3.54. The summed E-state index contributed by atoms with van der Waals surface area (Å²) in [5.41, 5.74) is 3.93. The molecule has 2 nitrogen and oxygen atoms in total. The van der Waals surface area contributed by atoms with Gasteiger partial charge >= 0.3 is 0 Å². The smallest absolute Gasteiger partial charge is 0.122 e. The molecule has 2 heteroatoms. The highest BCUT2D eigenvalue weighted by molar-refractivity contribution is 5.41. The second-order valence-electron chi connectivity index (χ2n) is 5.17. The maximum Gasteiger partial charge on any atom is 0.122 e. The number of benzene rings is 1. The van der Waals surface area contributed by atoms with Crippen molar-refractivity contribution in [2.75, 3.05) is 7.11 Å². The van der Waals surface area contributed by atoms with Crippen molar-refractivity contribution < 1.29 is 4.74 Å². The topological polar surface area (TPSA) is 21.3 Å². The molecule has 0 heterocycles. The molecule has 0 radical (unpaired) electrons. The molecule has 0 fully saturated rings. The first kappa shape index (κ1) is 14.0. The van der Waals surface area contributed by atoms with Gasteiger partial charge in [-0.05, 0) is 49.9 Å². The first-order valence-corrected chi connectivity index (χ1v) is 6.34. The van der Waals surface area contributed by atoms with Gasteiger partial charge in [0, 0.05) is 12.1 Å². The summed E-state index contributed by atoms with van der Waals surface area (Å²) in [4.78, 5) is 0. The molecule has 0 aliphatic carbocycles. The number of ether oxygens (including phenoxy) is 1. The van der Waals surface area contributed by atoms with Crippen LogP contribution in [0.15, 0.2) is 12.1 Å². The molecule has 96 valence electrons. The molecule has 17 heavy (non-hydrogen) atoms. The van der Waals surface area contributed by atoms with E-state index in [2.05, 4.69) is 52.1 Å². The summed E-state index contributed by atoms with van der Waals surface area (Å²) < 4.78 is 5.33. The van der Waals surface area contributed by atoms with Crippen molar-refractivity contribution in [1.29, 1.82) is 0 Å². The first-order chi connectivity index (χ1) is 7.93. The molecule has 0 spiro atoms. The van der Waals surface area contributed by atoms with E-state index in [0.29, 0.717) is 12.1 Å². The average molecular weight is 235 g/mol. The van der Waals surface area contributed by atoms with E-state index in [1.54, 1.807) is 7.11 Å². The van der Waals surface area contributed by atoms with E-state index in [1.165, 1.54) is 16.7 Å². The van der Waals surface area contributed by atoms with Crippen molar-refractivity contribution in [3.8, 4) is 5.75 Å². The highest BCUT2D eigenvalue weighted by Crippen LogP contribution is 2.23. The fourth-order valence-corrected chi connectivity index (χ4v) is 2.25. The van der Waals surface area contributed by atoms with Crippen LogP contribution in [0.25, 0.3) is 0 Å². The number of hydrogen-bond donors (Lipinski definition) is 1. The third-order valence-electron chi connectivity index (χ3n) is 3.00. The molecule has 0 saturated heterocycles. The van der Waals surface area contributed by atoms with Gasteiger partial charge in [0.2, 0.25) is 0 Å². The maximum absolute atomic E-state index is 5.33. The van der Waals surface area contributed by atoms with Crippen LogP contribution in [0.1, 0.15) is 37.5 Å². The Hall–Kier alpha value is -1.02. The monoisotopic (exact) mass is 235 g/mol. The van der Waals surface area contributed by atoms with E-state index in [-0.39, 0.29) is 0 Å². The summed E-state index contributed by atoms with van der Waals surface area (Å²) in [6.45, 7) is 10.9. The normalized spacial score (nSPS) is 12.9. The van der Waals surface area contributed by atoms with E-state index >= 15 is 0 Å². The van der Waals surface area contributed by atoms with E-state index < -0.39 is 0 Å². The van der Waals surface area contributed by atoms with Crippen LogP contribution in [-0.2, 0) is 6.42 Å². The highest BCUT2D eigenvalue weighted by Gasteiger charge is 2.09. The van der Waals surface area contributed by atoms with Crippen molar-refractivity contribution in [3.05, 3.63) is 28.8 Å². The maximum atomic E-state index is 5.33. The molecule has 0 aromatic heterocycles. The standard InChI is InChI=1S/C15H25NO/c1-10(2)16-13(5)9-14-7-12(4)15(17-6)8-11(14)3/h7-8,10,13,16H,9H2,1-6H3. The Morgan fingerprint density at radius 3 is 2.29 bits per heavy atom. The quantitative estimate of drug-likeness (QED) is 0.846. The van der Waals surface area contributed by atoms with Crippen LogP contribution in [-0.4, -0.2) is 19.2 Å². The molecule has 1 unspecified atom stereocenters. The van der Waals surface area contributed by atoms with Crippen molar-refractivity contribution in [2.45, 2.75) is 53.1 Å². The van der Waals surface area contributed by atoms with Crippen molar-refractivity contribution in [3.63, 3.8) is 0 Å². The lowest BCUT2D eigenvalue weighted by atomic mass is 9.98. The predicted octanol–water partition coefficient (Wildman–Crippen LogP) is 3.24.